The molecule has 2 amide bonds. The number of aryl methyl sites for hydroxylation is 1. The van der Waals surface area contributed by atoms with Crippen molar-refractivity contribution in [3.8, 4) is 0 Å². The first-order chi connectivity index (χ1) is 18.1. The van der Waals surface area contributed by atoms with Gasteiger partial charge in [-0.2, -0.15) is 0 Å². The molecule has 1 aliphatic heterocycles. The molecular weight excluding hydrogens is 486 g/mol. The average molecular weight is 522 g/mol. The number of nitrogens with two attached hydrogens (primary N) is 2. The van der Waals surface area contributed by atoms with Crippen molar-refractivity contribution in [1.29, 1.82) is 0 Å². The van der Waals surface area contributed by atoms with Crippen LogP contribution in [0.25, 0.3) is 11.0 Å². The van der Waals surface area contributed by atoms with Crippen LogP contribution in [0.1, 0.15) is 55.2 Å². The second kappa shape index (κ2) is 10.7. The van der Waals surface area contributed by atoms with Gasteiger partial charge in [0.25, 0.3) is 5.91 Å². The van der Waals surface area contributed by atoms with Crippen LogP contribution >= 0.6 is 0 Å². The standard InChI is InChI=1S/C27H35N7O4/c1-5-38-26(36)33(4)27(2,25(35)34-14-6-7-15-34)19-12-13-21-20(16-19)30-24(32(21)3)22(28)17-8-10-18(11-9-17)23(29)31-37/h8-13,16,22,37H,5-7,14-15,28H2,1-4H3,(H2,29,31). The summed E-state index contributed by atoms with van der Waals surface area (Å²) in [5, 5.41) is 11.9. The Kier molecular flexibility index (Phi) is 7.58. The van der Waals surface area contributed by atoms with Crippen molar-refractivity contribution in [2.45, 2.75) is 38.3 Å². The summed E-state index contributed by atoms with van der Waals surface area (Å²) in [5.41, 5.74) is 14.5. The minimum atomic E-state index is -1.28. The number of amides is 2. The minimum absolute atomic E-state index is 0.0136. The van der Waals surface area contributed by atoms with E-state index in [1.165, 1.54) is 4.90 Å². The van der Waals surface area contributed by atoms with E-state index in [9.17, 15) is 9.59 Å². The Hall–Kier alpha value is -4.12. The fourth-order valence-electron chi connectivity index (χ4n) is 4.96. The van der Waals surface area contributed by atoms with Crippen LogP contribution in [-0.4, -0.2) is 69.1 Å². The van der Waals surface area contributed by atoms with Gasteiger partial charge in [-0.1, -0.05) is 35.5 Å². The maximum Gasteiger partial charge on any atom is 0.410 e. The molecule has 3 aromatic rings. The molecule has 1 aromatic heterocycles. The first-order valence-electron chi connectivity index (χ1n) is 12.6. The maximum atomic E-state index is 13.8. The molecule has 11 heteroatoms. The van der Waals surface area contributed by atoms with Gasteiger partial charge >= 0.3 is 6.09 Å². The molecule has 2 unspecified atom stereocenters. The number of nitrogens with zero attached hydrogens (tertiary/aromatic N) is 5. The molecule has 0 bridgehead atoms. The van der Waals surface area contributed by atoms with E-state index in [1.54, 1.807) is 37.9 Å². The molecule has 0 aliphatic carbocycles. The van der Waals surface area contributed by atoms with Crippen LogP contribution < -0.4 is 11.5 Å². The second-order valence-electron chi connectivity index (χ2n) is 9.65. The molecule has 0 saturated carbocycles. The van der Waals surface area contributed by atoms with Gasteiger partial charge in [-0.05, 0) is 49.9 Å². The highest BCUT2D eigenvalue weighted by atomic mass is 16.6. The molecule has 5 N–H and O–H groups in total. The van der Waals surface area contributed by atoms with Crippen molar-refractivity contribution in [2.24, 2.45) is 23.7 Å². The smallest absolute Gasteiger partial charge is 0.410 e. The monoisotopic (exact) mass is 521 g/mol. The second-order valence-corrected chi connectivity index (χ2v) is 9.65. The van der Waals surface area contributed by atoms with Gasteiger partial charge in [0.15, 0.2) is 5.84 Å². The highest BCUT2D eigenvalue weighted by molar-refractivity contribution is 5.97. The number of aromatic nitrogens is 2. The van der Waals surface area contributed by atoms with Crippen molar-refractivity contribution in [3.05, 3.63) is 65.0 Å². The number of amidine groups is 1. The summed E-state index contributed by atoms with van der Waals surface area (Å²) in [6.45, 7) is 5.01. The van der Waals surface area contributed by atoms with E-state index >= 15 is 0 Å². The Bertz CT molecular complexity index is 1360. The highest BCUT2D eigenvalue weighted by Crippen LogP contribution is 2.34. The average Bonchev–Trinajstić information content (AvgIpc) is 3.59. The Balaban J connectivity index is 1.74. The van der Waals surface area contributed by atoms with Gasteiger partial charge in [-0.15, -0.1) is 0 Å². The van der Waals surface area contributed by atoms with Gasteiger partial charge in [0.05, 0.1) is 23.7 Å². The third-order valence-electron chi connectivity index (χ3n) is 7.45. The summed E-state index contributed by atoms with van der Waals surface area (Å²) in [7, 11) is 3.47. The number of carbonyl (C=O) groups is 2. The molecule has 2 aromatic carbocycles. The molecular formula is C27H35N7O4. The summed E-state index contributed by atoms with van der Waals surface area (Å²) in [4.78, 5) is 34.6. The third kappa shape index (κ3) is 4.65. The Morgan fingerprint density at radius 2 is 1.87 bits per heavy atom. The molecule has 202 valence electrons. The van der Waals surface area contributed by atoms with Crippen molar-refractivity contribution in [1.82, 2.24) is 19.4 Å². The van der Waals surface area contributed by atoms with Crippen molar-refractivity contribution < 1.29 is 19.5 Å². The largest absolute Gasteiger partial charge is 0.450 e. The number of carbonyl (C=O) groups excluding carboxylic acids is 2. The fraction of sp³-hybridized carbons (Fsp3) is 0.407. The predicted molar refractivity (Wildman–Crippen MR) is 144 cm³/mol. The normalized spacial score (nSPS) is 16.3. The Labute approximate surface area is 221 Å². The SMILES string of the molecule is CCOC(=O)N(C)C(C)(C(=O)N1CCCC1)c1ccc2c(c1)nc(C(N)c1ccc(C(N)=NO)cc1)n2C. The summed E-state index contributed by atoms with van der Waals surface area (Å²) in [6.07, 6.45) is 1.30. The van der Waals surface area contributed by atoms with Crippen LogP contribution in [0.4, 0.5) is 4.79 Å². The zero-order valence-electron chi connectivity index (χ0n) is 22.2. The van der Waals surface area contributed by atoms with Crippen LogP contribution in [0.3, 0.4) is 0 Å². The van der Waals surface area contributed by atoms with E-state index in [1.807, 2.05) is 41.9 Å². The molecule has 11 nitrogen and oxygen atoms in total. The van der Waals surface area contributed by atoms with E-state index in [2.05, 4.69) is 5.16 Å². The summed E-state index contributed by atoms with van der Waals surface area (Å²) in [5.74, 6) is 0.489. The Morgan fingerprint density at radius 1 is 1.21 bits per heavy atom. The lowest BCUT2D eigenvalue weighted by atomic mass is 9.88. The van der Waals surface area contributed by atoms with Gasteiger partial charge in [0.1, 0.15) is 11.4 Å². The van der Waals surface area contributed by atoms with E-state index < -0.39 is 17.7 Å². The number of likely N-dealkylation sites (tertiary alicyclic amines) is 1. The molecule has 0 radical (unpaired) electrons. The number of fused-ring (bicyclic) bond motifs is 1. The Morgan fingerprint density at radius 3 is 2.47 bits per heavy atom. The summed E-state index contributed by atoms with van der Waals surface area (Å²) >= 11 is 0. The lowest BCUT2D eigenvalue weighted by Crippen LogP contribution is -2.55. The van der Waals surface area contributed by atoms with Crippen LogP contribution in [0, 0.1) is 0 Å². The zero-order chi connectivity index (χ0) is 27.6. The van der Waals surface area contributed by atoms with Crippen LogP contribution in [0.2, 0.25) is 0 Å². The first kappa shape index (κ1) is 26.9. The van der Waals surface area contributed by atoms with Crippen LogP contribution in [0.15, 0.2) is 47.6 Å². The van der Waals surface area contributed by atoms with E-state index in [4.69, 9.17) is 26.4 Å². The van der Waals surface area contributed by atoms with Gasteiger partial charge in [0, 0.05) is 32.7 Å². The topological polar surface area (TPSA) is 152 Å². The lowest BCUT2D eigenvalue weighted by Gasteiger charge is -2.39. The van der Waals surface area contributed by atoms with Gasteiger partial charge in [-0.25, -0.2) is 9.78 Å². The number of imidazole rings is 1. The lowest BCUT2D eigenvalue weighted by molar-refractivity contribution is -0.141. The summed E-state index contributed by atoms with van der Waals surface area (Å²) < 4.78 is 7.17. The number of likely N-dealkylation sites (N-methyl/N-ethyl adjacent to an activating group) is 1. The maximum absolute atomic E-state index is 13.8. The van der Waals surface area contributed by atoms with Crippen molar-refractivity contribution >= 4 is 28.9 Å². The number of ether oxygens (including phenoxy) is 1. The van der Waals surface area contributed by atoms with E-state index in [0.717, 1.165) is 23.9 Å². The van der Waals surface area contributed by atoms with E-state index in [0.29, 0.717) is 35.6 Å². The summed E-state index contributed by atoms with van der Waals surface area (Å²) in [6, 6.07) is 12.1. The highest BCUT2D eigenvalue weighted by Gasteiger charge is 2.45. The minimum Gasteiger partial charge on any atom is -0.450 e. The van der Waals surface area contributed by atoms with Gasteiger partial charge < -0.3 is 30.9 Å². The molecule has 2 atom stereocenters. The number of hydrogen-bond donors (Lipinski definition) is 3. The van der Waals surface area contributed by atoms with Crippen LogP contribution in [0.5, 0.6) is 0 Å². The molecule has 0 spiro atoms. The zero-order valence-corrected chi connectivity index (χ0v) is 22.2. The molecule has 2 heterocycles. The first-order valence-corrected chi connectivity index (χ1v) is 12.6. The number of hydrogen-bond acceptors (Lipinski definition) is 7. The molecule has 1 saturated heterocycles. The van der Waals surface area contributed by atoms with Gasteiger partial charge in [-0.3, -0.25) is 9.69 Å². The number of benzene rings is 2. The molecule has 1 aliphatic rings. The van der Waals surface area contributed by atoms with Crippen molar-refractivity contribution in [3.63, 3.8) is 0 Å². The number of rotatable bonds is 7. The van der Waals surface area contributed by atoms with Crippen LogP contribution in [-0.2, 0) is 22.1 Å². The van der Waals surface area contributed by atoms with Gasteiger partial charge in [0.2, 0.25) is 0 Å². The quantitative estimate of drug-likeness (QED) is 0.187. The third-order valence-corrected chi connectivity index (χ3v) is 7.45. The molecule has 1 fully saturated rings. The predicted octanol–water partition coefficient (Wildman–Crippen LogP) is 2.64. The fourth-order valence-corrected chi connectivity index (χ4v) is 4.96. The molecule has 4 rings (SSSR count). The van der Waals surface area contributed by atoms with Crippen molar-refractivity contribution in [2.75, 3.05) is 26.7 Å². The van der Waals surface area contributed by atoms with E-state index in [-0.39, 0.29) is 18.3 Å². The number of oxime groups is 1. The molecule has 38 heavy (non-hydrogen) atoms.